The maximum Gasteiger partial charge on any atom is 0.0906 e. The van der Waals surface area contributed by atoms with E-state index in [-0.39, 0.29) is 0 Å². The lowest BCUT2D eigenvalue weighted by molar-refractivity contribution is 0.283. The van der Waals surface area contributed by atoms with Gasteiger partial charge >= 0.3 is 0 Å². The standard InChI is InChI=1S/C11H20N2/c1-13-8-10-6-4-2-3-5-7-11(10)12-9-13/h10H,2-9H2,1H3. The molecule has 1 aliphatic carbocycles. The fraction of sp³-hybridized carbons (Fsp3) is 0.909. The second-order valence-corrected chi connectivity index (χ2v) is 4.48. The van der Waals surface area contributed by atoms with Gasteiger partial charge in [-0.1, -0.05) is 19.3 Å². The maximum atomic E-state index is 4.68. The summed E-state index contributed by atoms with van der Waals surface area (Å²) in [4.78, 5) is 7.02. The summed E-state index contributed by atoms with van der Waals surface area (Å²) in [6, 6.07) is 0. The minimum Gasteiger partial charge on any atom is -0.287 e. The smallest absolute Gasteiger partial charge is 0.0906 e. The second-order valence-electron chi connectivity index (χ2n) is 4.48. The summed E-state index contributed by atoms with van der Waals surface area (Å²) >= 11 is 0. The van der Waals surface area contributed by atoms with E-state index in [2.05, 4.69) is 16.9 Å². The Morgan fingerprint density at radius 3 is 3.00 bits per heavy atom. The van der Waals surface area contributed by atoms with Crippen molar-refractivity contribution in [2.45, 2.75) is 38.5 Å². The number of nitrogens with zero attached hydrogens (tertiary/aromatic N) is 2. The number of rotatable bonds is 0. The maximum absolute atomic E-state index is 4.68. The molecule has 0 aromatic heterocycles. The molecule has 1 saturated carbocycles. The van der Waals surface area contributed by atoms with Crippen molar-refractivity contribution in [2.75, 3.05) is 20.3 Å². The first-order chi connectivity index (χ1) is 6.36. The predicted molar refractivity (Wildman–Crippen MR) is 56.1 cm³/mol. The largest absolute Gasteiger partial charge is 0.287 e. The molecular weight excluding hydrogens is 160 g/mol. The van der Waals surface area contributed by atoms with Gasteiger partial charge in [-0.2, -0.15) is 0 Å². The van der Waals surface area contributed by atoms with Crippen molar-refractivity contribution in [1.29, 1.82) is 0 Å². The number of aliphatic imine (C=N–C) groups is 1. The highest BCUT2D eigenvalue weighted by atomic mass is 15.2. The first-order valence-electron chi connectivity index (χ1n) is 5.58. The number of hydrogen-bond acceptors (Lipinski definition) is 2. The molecule has 1 heterocycles. The van der Waals surface area contributed by atoms with Gasteiger partial charge in [-0.15, -0.1) is 0 Å². The van der Waals surface area contributed by atoms with E-state index in [4.69, 9.17) is 0 Å². The molecule has 0 spiro atoms. The van der Waals surface area contributed by atoms with E-state index in [1.807, 2.05) is 0 Å². The molecule has 2 aliphatic rings. The van der Waals surface area contributed by atoms with Crippen LogP contribution in [0.15, 0.2) is 4.99 Å². The molecule has 1 unspecified atom stereocenters. The van der Waals surface area contributed by atoms with Crippen LogP contribution in [0.25, 0.3) is 0 Å². The molecular formula is C11H20N2. The minimum absolute atomic E-state index is 0.791. The minimum atomic E-state index is 0.791. The van der Waals surface area contributed by atoms with Gasteiger partial charge in [0.05, 0.1) is 6.67 Å². The Kier molecular flexibility index (Phi) is 2.99. The van der Waals surface area contributed by atoms with Gasteiger partial charge in [0.15, 0.2) is 0 Å². The molecule has 13 heavy (non-hydrogen) atoms. The van der Waals surface area contributed by atoms with Gasteiger partial charge in [0.25, 0.3) is 0 Å². The van der Waals surface area contributed by atoms with Crippen LogP contribution in [-0.4, -0.2) is 30.9 Å². The average Bonchev–Trinajstić information content (AvgIpc) is 2.08. The average molecular weight is 180 g/mol. The molecule has 0 bridgehead atoms. The van der Waals surface area contributed by atoms with E-state index in [9.17, 15) is 0 Å². The normalized spacial score (nSPS) is 31.5. The molecule has 0 radical (unpaired) electrons. The molecule has 0 N–H and O–H groups in total. The summed E-state index contributed by atoms with van der Waals surface area (Å²) in [6.07, 6.45) is 8.30. The van der Waals surface area contributed by atoms with Gasteiger partial charge in [0.2, 0.25) is 0 Å². The summed E-state index contributed by atoms with van der Waals surface area (Å²) in [5.74, 6) is 0.791. The van der Waals surface area contributed by atoms with Crippen LogP contribution >= 0.6 is 0 Å². The monoisotopic (exact) mass is 180 g/mol. The zero-order chi connectivity index (χ0) is 9.10. The summed E-state index contributed by atoms with van der Waals surface area (Å²) in [6.45, 7) is 2.19. The Morgan fingerprint density at radius 1 is 1.23 bits per heavy atom. The lowest BCUT2D eigenvalue weighted by atomic mass is 9.88. The van der Waals surface area contributed by atoms with Crippen LogP contribution in [-0.2, 0) is 0 Å². The van der Waals surface area contributed by atoms with E-state index >= 15 is 0 Å². The molecule has 1 atom stereocenters. The number of hydrogen-bond donors (Lipinski definition) is 0. The Morgan fingerprint density at radius 2 is 2.08 bits per heavy atom. The fourth-order valence-corrected chi connectivity index (χ4v) is 2.47. The van der Waals surface area contributed by atoms with Gasteiger partial charge in [0, 0.05) is 18.2 Å². The Labute approximate surface area is 81.0 Å². The first kappa shape index (κ1) is 9.20. The van der Waals surface area contributed by atoms with Crippen LogP contribution in [0, 0.1) is 5.92 Å². The van der Waals surface area contributed by atoms with Crippen molar-refractivity contribution in [2.24, 2.45) is 10.9 Å². The van der Waals surface area contributed by atoms with Crippen LogP contribution in [0.2, 0.25) is 0 Å². The highest BCUT2D eigenvalue weighted by Gasteiger charge is 2.22. The van der Waals surface area contributed by atoms with E-state index in [1.54, 1.807) is 0 Å². The quantitative estimate of drug-likeness (QED) is 0.558. The van der Waals surface area contributed by atoms with Crippen molar-refractivity contribution in [3.63, 3.8) is 0 Å². The third kappa shape index (κ3) is 2.31. The predicted octanol–water partition coefficient (Wildman–Crippen LogP) is 2.30. The highest BCUT2D eigenvalue weighted by Crippen LogP contribution is 2.23. The van der Waals surface area contributed by atoms with Crippen molar-refractivity contribution in [3.05, 3.63) is 0 Å². The molecule has 0 saturated heterocycles. The van der Waals surface area contributed by atoms with Crippen LogP contribution in [0.5, 0.6) is 0 Å². The second kappa shape index (κ2) is 4.23. The fourth-order valence-electron chi connectivity index (χ4n) is 2.47. The van der Waals surface area contributed by atoms with E-state index < -0.39 is 0 Å². The van der Waals surface area contributed by atoms with Crippen LogP contribution in [0.1, 0.15) is 38.5 Å². The molecule has 0 amide bonds. The molecule has 2 heteroatoms. The Bertz CT molecular complexity index is 198. The van der Waals surface area contributed by atoms with Crippen LogP contribution < -0.4 is 0 Å². The molecule has 2 rings (SSSR count). The topological polar surface area (TPSA) is 15.6 Å². The molecule has 74 valence electrons. The first-order valence-corrected chi connectivity index (χ1v) is 5.58. The summed E-state index contributed by atoms with van der Waals surface area (Å²) in [5, 5.41) is 0. The molecule has 0 aromatic rings. The highest BCUT2D eigenvalue weighted by molar-refractivity contribution is 5.87. The zero-order valence-corrected chi connectivity index (χ0v) is 8.63. The van der Waals surface area contributed by atoms with Crippen LogP contribution in [0.4, 0.5) is 0 Å². The third-order valence-electron chi connectivity index (χ3n) is 3.25. The lowest BCUT2D eigenvalue weighted by Gasteiger charge is -2.30. The summed E-state index contributed by atoms with van der Waals surface area (Å²) in [5.41, 5.74) is 1.53. The summed E-state index contributed by atoms with van der Waals surface area (Å²) < 4.78 is 0. The van der Waals surface area contributed by atoms with Crippen molar-refractivity contribution in [1.82, 2.24) is 4.90 Å². The Hall–Kier alpha value is -0.370. The SMILES string of the molecule is CN1CN=C2CCCCCCC2C1. The van der Waals surface area contributed by atoms with E-state index in [0.717, 1.165) is 12.6 Å². The van der Waals surface area contributed by atoms with Gasteiger partial charge in [-0.05, 0) is 26.3 Å². The van der Waals surface area contributed by atoms with Crippen LogP contribution in [0.3, 0.4) is 0 Å². The van der Waals surface area contributed by atoms with Gasteiger partial charge in [-0.3, -0.25) is 9.89 Å². The van der Waals surface area contributed by atoms with Gasteiger partial charge < -0.3 is 0 Å². The summed E-state index contributed by atoms with van der Waals surface area (Å²) in [7, 11) is 2.18. The van der Waals surface area contributed by atoms with Crippen molar-refractivity contribution in [3.8, 4) is 0 Å². The molecule has 0 aromatic carbocycles. The van der Waals surface area contributed by atoms with E-state index in [1.165, 1.54) is 50.8 Å². The van der Waals surface area contributed by atoms with Gasteiger partial charge in [0.1, 0.15) is 0 Å². The molecule has 2 nitrogen and oxygen atoms in total. The van der Waals surface area contributed by atoms with Crippen molar-refractivity contribution < 1.29 is 0 Å². The van der Waals surface area contributed by atoms with Crippen molar-refractivity contribution >= 4 is 5.71 Å². The zero-order valence-electron chi connectivity index (χ0n) is 8.63. The number of fused-ring (bicyclic) bond motifs is 1. The van der Waals surface area contributed by atoms with Gasteiger partial charge in [-0.25, -0.2) is 0 Å². The Balaban J connectivity index is 2.02. The van der Waals surface area contributed by atoms with E-state index in [0.29, 0.717) is 0 Å². The molecule has 1 fully saturated rings. The third-order valence-corrected chi connectivity index (χ3v) is 3.25. The molecule has 1 aliphatic heterocycles. The lowest BCUT2D eigenvalue weighted by Crippen LogP contribution is -2.36.